The van der Waals surface area contributed by atoms with Gasteiger partial charge in [-0.05, 0) is 25.2 Å². The Kier molecular flexibility index (Phi) is 5.10. The Morgan fingerprint density at radius 2 is 2.33 bits per heavy atom. The molecular weight excluding hydrogens is 230 g/mol. The zero-order valence-corrected chi connectivity index (χ0v) is 11.0. The summed E-state index contributed by atoms with van der Waals surface area (Å²) in [6.07, 6.45) is 5.66. The fourth-order valence-electron chi connectivity index (χ4n) is 2.52. The number of aromatic nitrogens is 3. The summed E-state index contributed by atoms with van der Waals surface area (Å²) in [4.78, 5) is 4.34. The van der Waals surface area contributed by atoms with Gasteiger partial charge >= 0.3 is 0 Å². The molecule has 0 aromatic carbocycles. The van der Waals surface area contributed by atoms with Gasteiger partial charge in [-0.2, -0.15) is 5.10 Å². The van der Waals surface area contributed by atoms with Crippen molar-refractivity contribution in [3.05, 3.63) is 12.2 Å². The molecule has 1 aliphatic rings. The lowest BCUT2D eigenvalue weighted by Crippen LogP contribution is -2.44. The van der Waals surface area contributed by atoms with Crippen LogP contribution in [0.25, 0.3) is 0 Å². The van der Waals surface area contributed by atoms with Crippen molar-refractivity contribution in [3.63, 3.8) is 0 Å². The Hall–Kier alpha value is -0.980. The van der Waals surface area contributed by atoms with Gasteiger partial charge in [0.15, 0.2) is 0 Å². The smallest absolute Gasteiger partial charge is 0.138 e. The SMILES string of the molecule is CCCn1ncnc1CC(NN)C1CCOCC1. The molecule has 6 heteroatoms. The lowest BCUT2D eigenvalue weighted by atomic mass is 9.90. The minimum atomic E-state index is 0.258. The molecule has 1 saturated heterocycles. The normalized spacial score (nSPS) is 19.0. The van der Waals surface area contributed by atoms with E-state index < -0.39 is 0 Å². The summed E-state index contributed by atoms with van der Waals surface area (Å²) < 4.78 is 7.37. The Balaban J connectivity index is 1.98. The molecule has 3 N–H and O–H groups in total. The van der Waals surface area contributed by atoms with Crippen molar-refractivity contribution in [2.45, 2.75) is 45.2 Å². The molecular formula is C12H23N5O. The van der Waals surface area contributed by atoms with Crippen LogP contribution in [0.4, 0.5) is 0 Å². The molecule has 1 aromatic rings. The lowest BCUT2D eigenvalue weighted by molar-refractivity contribution is 0.0534. The van der Waals surface area contributed by atoms with Crippen molar-refractivity contribution in [2.75, 3.05) is 13.2 Å². The van der Waals surface area contributed by atoms with Crippen LogP contribution in [-0.2, 0) is 17.7 Å². The van der Waals surface area contributed by atoms with Crippen molar-refractivity contribution in [3.8, 4) is 0 Å². The van der Waals surface area contributed by atoms with Gasteiger partial charge in [-0.15, -0.1) is 0 Å². The molecule has 0 bridgehead atoms. The molecule has 0 saturated carbocycles. The van der Waals surface area contributed by atoms with Crippen LogP contribution in [-0.4, -0.2) is 34.0 Å². The number of hydrazine groups is 1. The van der Waals surface area contributed by atoms with Crippen LogP contribution in [0.5, 0.6) is 0 Å². The molecule has 102 valence electrons. The largest absolute Gasteiger partial charge is 0.381 e. The molecule has 6 nitrogen and oxygen atoms in total. The fourth-order valence-corrected chi connectivity index (χ4v) is 2.52. The van der Waals surface area contributed by atoms with Gasteiger partial charge in [-0.3, -0.25) is 16.0 Å². The first-order valence-corrected chi connectivity index (χ1v) is 6.75. The topological polar surface area (TPSA) is 78.0 Å². The fraction of sp³-hybridized carbons (Fsp3) is 0.833. The van der Waals surface area contributed by atoms with E-state index in [1.807, 2.05) is 4.68 Å². The highest BCUT2D eigenvalue weighted by molar-refractivity contribution is 4.92. The van der Waals surface area contributed by atoms with Gasteiger partial charge in [0, 0.05) is 32.2 Å². The van der Waals surface area contributed by atoms with Crippen LogP contribution < -0.4 is 11.3 Å². The minimum absolute atomic E-state index is 0.258. The third-order valence-corrected chi connectivity index (χ3v) is 3.58. The molecule has 1 aliphatic heterocycles. The standard InChI is InChI=1S/C12H23N5O/c1-2-5-17-12(14-9-15-17)8-11(16-13)10-3-6-18-7-4-10/h9-11,16H,2-8,13H2,1H3. The highest BCUT2D eigenvalue weighted by Gasteiger charge is 2.24. The predicted octanol–water partition coefficient (Wildman–Crippen LogP) is 0.489. The average molecular weight is 253 g/mol. The molecule has 0 aliphatic carbocycles. The van der Waals surface area contributed by atoms with Gasteiger partial charge in [0.05, 0.1) is 0 Å². The van der Waals surface area contributed by atoms with E-state index in [1.165, 1.54) is 0 Å². The minimum Gasteiger partial charge on any atom is -0.381 e. The quantitative estimate of drug-likeness (QED) is 0.570. The van der Waals surface area contributed by atoms with E-state index in [2.05, 4.69) is 22.4 Å². The van der Waals surface area contributed by atoms with Crippen LogP contribution in [0.3, 0.4) is 0 Å². The van der Waals surface area contributed by atoms with Crippen LogP contribution in [0.1, 0.15) is 32.0 Å². The van der Waals surface area contributed by atoms with Crippen LogP contribution in [0.2, 0.25) is 0 Å². The van der Waals surface area contributed by atoms with Gasteiger partial charge in [0.2, 0.25) is 0 Å². The second-order valence-electron chi connectivity index (χ2n) is 4.83. The molecule has 2 rings (SSSR count). The van der Waals surface area contributed by atoms with Crippen molar-refractivity contribution >= 4 is 0 Å². The summed E-state index contributed by atoms with van der Waals surface area (Å²) in [7, 11) is 0. The molecule has 0 spiro atoms. The zero-order chi connectivity index (χ0) is 12.8. The summed E-state index contributed by atoms with van der Waals surface area (Å²) >= 11 is 0. The number of nitrogens with two attached hydrogens (primary N) is 1. The number of hydrogen-bond donors (Lipinski definition) is 2. The Labute approximate surface area is 108 Å². The van der Waals surface area contributed by atoms with Crippen molar-refractivity contribution in [2.24, 2.45) is 11.8 Å². The zero-order valence-electron chi connectivity index (χ0n) is 11.0. The van der Waals surface area contributed by atoms with Gasteiger partial charge in [0.25, 0.3) is 0 Å². The number of nitrogens with zero attached hydrogens (tertiary/aromatic N) is 3. The molecule has 1 atom stereocenters. The van der Waals surface area contributed by atoms with E-state index in [4.69, 9.17) is 10.6 Å². The summed E-state index contributed by atoms with van der Waals surface area (Å²) in [6.45, 7) is 4.73. The maximum absolute atomic E-state index is 5.70. The molecule has 1 unspecified atom stereocenters. The number of hydrogen-bond acceptors (Lipinski definition) is 5. The van der Waals surface area contributed by atoms with E-state index in [-0.39, 0.29) is 6.04 Å². The first kappa shape index (κ1) is 13.5. The maximum atomic E-state index is 5.70. The highest BCUT2D eigenvalue weighted by Crippen LogP contribution is 2.20. The Morgan fingerprint density at radius 1 is 1.56 bits per heavy atom. The number of aryl methyl sites for hydroxylation is 1. The van der Waals surface area contributed by atoms with E-state index in [9.17, 15) is 0 Å². The lowest BCUT2D eigenvalue weighted by Gasteiger charge is -2.29. The molecule has 2 heterocycles. The van der Waals surface area contributed by atoms with E-state index in [0.717, 1.165) is 51.3 Å². The second-order valence-corrected chi connectivity index (χ2v) is 4.83. The molecule has 0 radical (unpaired) electrons. The van der Waals surface area contributed by atoms with Crippen molar-refractivity contribution < 1.29 is 4.74 Å². The van der Waals surface area contributed by atoms with E-state index in [0.29, 0.717) is 5.92 Å². The second kappa shape index (κ2) is 6.82. The van der Waals surface area contributed by atoms with Crippen LogP contribution in [0.15, 0.2) is 6.33 Å². The predicted molar refractivity (Wildman–Crippen MR) is 68.7 cm³/mol. The molecule has 18 heavy (non-hydrogen) atoms. The summed E-state index contributed by atoms with van der Waals surface area (Å²) in [6, 6.07) is 0.258. The van der Waals surface area contributed by atoms with Crippen molar-refractivity contribution in [1.29, 1.82) is 0 Å². The summed E-state index contributed by atoms with van der Waals surface area (Å²) in [5, 5.41) is 4.25. The first-order valence-electron chi connectivity index (χ1n) is 6.75. The molecule has 1 aromatic heterocycles. The Bertz CT molecular complexity index is 348. The van der Waals surface area contributed by atoms with Crippen molar-refractivity contribution in [1.82, 2.24) is 20.2 Å². The van der Waals surface area contributed by atoms with Gasteiger partial charge < -0.3 is 4.74 Å². The Morgan fingerprint density at radius 3 is 3.00 bits per heavy atom. The number of rotatable bonds is 6. The van der Waals surface area contributed by atoms with Crippen LogP contribution in [0, 0.1) is 5.92 Å². The number of nitrogens with one attached hydrogen (secondary N) is 1. The third kappa shape index (κ3) is 3.28. The monoisotopic (exact) mass is 253 g/mol. The van der Waals surface area contributed by atoms with Gasteiger partial charge in [0.1, 0.15) is 12.2 Å². The van der Waals surface area contributed by atoms with Gasteiger partial charge in [-0.1, -0.05) is 6.92 Å². The summed E-state index contributed by atoms with van der Waals surface area (Å²) in [5.41, 5.74) is 2.94. The van der Waals surface area contributed by atoms with Crippen LogP contribution >= 0.6 is 0 Å². The third-order valence-electron chi connectivity index (χ3n) is 3.58. The number of ether oxygens (including phenoxy) is 1. The highest BCUT2D eigenvalue weighted by atomic mass is 16.5. The van der Waals surface area contributed by atoms with Gasteiger partial charge in [-0.25, -0.2) is 4.98 Å². The first-order chi connectivity index (χ1) is 8.85. The summed E-state index contributed by atoms with van der Waals surface area (Å²) in [5.74, 6) is 7.28. The molecule has 0 amide bonds. The van der Waals surface area contributed by atoms with E-state index in [1.54, 1.807) is 6.33 Å². The maximum Gasteiger partial charge on any atom is 0.138 e. The molecule has 1 fully saturated rings. The average Bonchev–Trinajstić information content (AvgIpc) is 2.85. The van der Waals surface area contributed by atoms with E-state index >= 15 is 0 Å².